The van der Waals surface area contributed by atoms with Crippen LogP contribution in [0.3, 0.4) is 0 Å². The van der Waals surface area contributed by atoms with Crippen LogP contribution in [0.5, 0.6) is 0 Å². The fourth-order valence-corrected chi connectivity index (χ4v) is 3.98. The Morgan fingerprint density at radius 1 is 1.17 bits per heavy atom. The van der Waals surface area contributed by atoms with Crippen molar-refractivity contribution < 1.29 is 0 Å². The van der Waals surface area contributed by atoms with Crippen molar-refractivity contribution in [2.45, 2.75) is 39.2 Å². The average molecular weight is 387 g/mol. The Morgan fingerprint density at radius 2 is 1.93 bits per heavy atom. The molecule has 1 saturated heterocycles. The van der Waals surface area contributed by atoms with E-state index in [-0.39, 0.29) is 11.6 Å². The van der Waals surface area contributed by atoms with Crippen LogP contribution in [0.25, 0.3) is 5.65 Å². The normalized spacial score (nSPS) is 15.1. The molecule has 4 rings (SSSR count). The minimum absolute atomic E-state index is 0.0647. The van der Waals surface area contributed by atoms with Gasteiger partial charge in [0.1, 0.15) is 17.5 Å². The minimum atomic E-state index is -0.122. The molecule has 0 radical (unpaired) electrons. The van der Waals surface area contributed by atoms with Gasteiger partial charge in [0.2, 0.25) is 0 Å². The number of nitriles is 1. The second kappa shape index (κ2) is 7.96. The number of hydrogen-bond acceptors (Lipinski definition) is 5. The molecular weight excluding hydrogens is 362 g/mol. The molecule has 0 aliphatic carbocycles. The molecule has 0 amide bonds. The molecule has 3 heterocycles. The lowest BCUT2D eigenvalue weighted by Gasteiger charge is -2.28. The number of rotatable bonds is 4. The van der Waals surface area contributed by atoms with Crippen LogP contribution in [0, 0.1) is 18.3 Å². The van der Waals surface area contributed by atoms with Crippen molar-refractivity contribution in [3.05, 3.63) is 69.6 Å². The van der Waals surface area contributed by atoms with E-state index in [4.69, 9.17) is 4.98 Å². The Morgan fingerprint density at radius 3 is 2.69 bits per heavy atom. The SMILES string of the molecule is Cc1cc(C(C)Nc2ccccc2C#N)c2nc(N3CCCCC3)cc(=O)n2c1. The van der Waals surface area contributed by atoms with Gasteiger partial charge in [-0.05, 0) is 56.9 Å². The molecule has 0 spiro atoms. The summed E-state index contributed by atoms with van der Waals surface area (Å²) in [6.07, 6.45) is 5.33. The van der Waals surface area contributed by atoms with E-state index in [2.05, 4.69) is 22.4 Å². The molecule has 1 N–H and O–H groups in total. The maximum Gasteiger partial charge on any atom is 0.259 e. The summed E-state index contributed by atoms with van der Waals surface area (Å²) in [6.45, 7) is 5.88. The zero-order valence-electron chi connectivity index (χ0n) is 16.9. The Hall–Kier alpha value is -3.33. The van der Waals surface area contributed by atoms with Crippen LogP contribution in [-0.4, -0.2) is 22.5 Å². The molecule has 6 heteroatoms. The largest absolute Gasteiger partial charge is 0.377 e. The standard InChI is InChI=1S/C23H25N5O/c1-16-12-19(17(2)25-20-9-5-4-8-18(20)14-24)23-26-21(13-22(29)28(23)15-16)27-10-6-3-7-11-27/h4-5,8-9,12-13,15,17,25H,3,6-7,10-11H2,1-2H3. The van der Waals surface area contributed by atoms with Gasteiger partial charge >= 0.3 is 0 Å². The second-order valence-electron chi connectivity index (χ2n) is 7.69. The fourth-order valence-electron chi connectivity index (χ4n) is 3.98. The third-order valence-electron chi connectivity index (χ3n) is 5.48. The topological polar surface area (TPSA) is 73.4 Å². The molecule has 0 saturated carbocycles. The molecule has 1 aliphatic heterocycles. The lowest BCUT2D eigenvalue weighted by molar-refractivity contribution is 0.573. The lowest BCUT2D eigenvalue weighted by Crippen LogP contribution is -2.32. The van der Waals surface area contributed by atoms with Crippen LogP contribution in [-0.2, 0) is 0 Å². The highest BCUT2D eigenvalue weighted by Crippen LogP contribution is 2.26. The van der Waals surface area contributed by atoms with E-state index < -0.39 is 0 Å². The summed E-state index contributed by atoms with van der Waals surface area (Å²) in [5.41, 5.74) is 3.90. The second-order valence-corrected chi connectivity index (χ2v) is 7.69. The first-order valence-electron chi connectivity index (χ1n) is 10.1. The van der Waals surface area contributed by atoms with Crippen molar-refractivity contribution in [2.75, 3.05) is 23.3 Å². The smallest absolute Gasteiger partial charge is 0.259 e. The quantitative estimate of drug-likeness (QED) is 0.731. The number of nitrogens with one attached hydrogen (secondary N) is 1. The van der Waals surface area contributed by atoms with Gasteiger partial charge in [0, 0.05) is 30.9 Å². The van der Waals surface area contributed by atoms with Crippen LogP contribution in [0.15, 0.2) is 47.4 Å². The first-order chi connectivity index (χ1) is 14.1. The van der Waals surface area contributed by atoms with Gasteiger partial charge < -0.3 is 10.2 Å². The summed E-state index contributed by atoms with van der Waals surface area (Å²) >= 11 is 0. The third kappa shape index (κ3) is 3.81. The third-order valence-corrected chi connectivity index (χ3v) is 5.48. The highest BCUT2D eigenvalue weighted by atomic mass is 16.1. The first-order valence-corrected chi connectivity index (χ1v) is 10.1. The minimum Gasteiger partial charge on any atom is -0.377 e. The first kappa shape index (κ1) is 19.0. The van der Waals surface area contributed by atoms with Gasteiger partial charge in [-0.25, -0.2) is 4.98 Å². The summed E-state index contributed by atoms with van der Waals surface area (Å²) in [4.78, 5) is 20.0. The number of aryl methyl sites for hydroxylation is 1. The lowest BCUT2D eigenvalue weighted by atomic mass is 10.1. The fraction of sp³-hybridized carbons (Fsp3) is 0.348. The molecule has 1 aliphatic rings. The van der Waals surface area contributed by atoms with E-state index >= 15 is 0 Å². The zero-order chi connectivity index (χ0) is 20.4. The molecule has 1 unspecified atom stereocenters. The predicted octanol–water partition coefficient (Wildman–Crippen LogP) is 4.04. The number of aromatic nitrogens is 2. The van der Waals surface area contributed by atoms with E-state index in [1.807, 2.05) is 38.2 Å². The van der Waals surface area contributed by atoms with Gasteiger partial charge in [0.15, 0.2) is 0 Å². The number of anilines is 2. The van der Waals surface area contributed by atoms with Gasteiger partial charge in [0.25, 0.3) is 5.56 Å². The Balaban J connectivity index is 1.79. The van der Waals surface area contributed by atoms with E-state index in [1.54, 1.807) is 16.5 Å². The summed E-state index contributed by atoms with van der Waals surface area (Å²) in [5.74, 6) is 0.754. The summed E-state index contributed by atoms with van der Waals surface area (Å²) in [7, 11) is 0. The molecule has 2 aromatic heterocycles. The monoisotopic (exact) mass is 387 g/mol. The van der Waals surface area contributed by atoms with Crippen molar-refractivity contribution >= 4 is 17.2 Å². The molecule has 1 atom stereocenters. The Kier molecular flexibility index (Phi) is 5.22. The predicted molar refractivity (Wildman–Crippen MR) is 115 cm³/mol. The zero-order valence-corrected chi connectivity index (χ0v) is 16.9. The number of benzene rings is 1. The van der Waals surface area contributed by atoms with Crippen LogP contribution in [0.2, 0.25) is 0 Å². The van der Waals surface area contributed by atoms with Crippen molar-refractivity contribution in [1.82, 2.24) is 9.38 Å². The van der Waals surface area contributed by atoms with Gasteiger partial charge in [-0.1, -0.05) is 12.1 Å². The van der Waals surface area contributed by atoms with Gasteiger partial charge in [-0.2, -0.15) is 5.26 Å². The van der Waals surface area contributed by atoms with Crippen LogP contribution in [0.1, 0.15) is 48.9 Å². The molecule has 3 aromatic rings. The van der Waals surface area contributed by atoms with Gasteiger partial charge in [0.05, 0.1) is 17.3 Å². The average Bonchev–Trinajstić information content (AvgIpc) is 2.74. The Bertz CT molecular complexity index is 1140. The summed E-state index contributed by atoms with van der Waals surface area (Å²) < 4.78 is 1.63. The van der Waals surface area contributed by atoms with Crippen molar-refractivity contribution in [2.24, 2.45) is 0 Å². The molecule has 1 aromatic carbocycles. The van der Waals surface area contributed by atoms with E-state index in [9.17, 15) is 10.1 Å². The maximum absolute atomic E-state index is 12.9. The molecular formula is C23H25N5O. The van der Waals surface area contributed by atoms with Crippen LogP contribution < -0.4 is 15.8 Å². The van der Waals surface area contributed by atoms with E-state index in [0.29, 0.717) is 11.2 Å². The number of para-hydroxylation sites is 1. The number of nitrogens with zero attached hydrogens (tertiary/aromatic N) is 4. The molecule has 1 fully saturated rings. The maximum atomic E-state index is 12.9. The van der Waals surface area contributed by atoms with Gasteiger partial charge in [-0.15, -0.1) is 0 Å². The number of pyridine rings is 1. The summed E-state index contributed by atoms with van der Waals surface area (Å²) in [5, 5.41) is 12.8. The molecule has 29 heavy (non-hydrogen) atoms. The number of hydrogen-bond donors (Lipinski definition) is 1. The van der Waals surface area contributed by atoms with Crippen molar-refractivity contribution in [3.63, 3.8) is 0 Å². The van der Waals surface area contributed by atoms with E-state index in [1.165, 1.54) is 6.42 Å². The van der Waals surface area contributed by atoms with E-state index in [0.717, 1.165) is 48.6 Å². The van der Waals surface area contributed by atoms with Crippen molar-refractivity contribution in [1.29, 1.82) is 5.26 Å². The molecule has 0 bridgehead atoms. The Labute approximate surface area is 170 Å². The van der Waals surface area contributed by atoms with Crippen LogP contribution in [0.4, 0.5) is 11.5 Å². The van der Waals surface area contributed by atoms with Gasteiger partial charge in [-0.3, -0.25) is 9.20 Å². The molecule has 148 valence electrons. The summed E-state index contributed by atoms with van der Waals surface area (Å²) in [6, 6.07) is 13.2. The highest BCUT2D eigenvalue weighted by Gasteiger charge is 2.18. The van der Waals surface area contributed by atoms with Crippen LogP contribution >= 0.6 is 0 Å². The van der Waals surface area contributed by atoms with Crippen molar-refractivity contribution in [3.8, 4) is 6.07 Å². The molecule has 6 nitrogen and oxygen atoms in total. The highest BCUT2D eigenvalue weighted by molar-refractivity contribution is 5.61. The number of piperidine rings is 1. The number of fused-ring (bicyclic) bond motifs is 1.